The number of ether oxygens (including phenoxy) is 2. The van der Waals surface area contributed by atoms with Gasteiger partial charge in [-0.15, -0.1) is 0 Å². The molecule has 5 nitrogen and oxygen atoms in total. The Bertz CT molecular complexity index is 326. The van der Waals surface area contributed by atoms with Gasteiger partial charge < -0.3 is 19.3 Å². The molecule has 166 valence electrons. The maximum absolute atomic E-state index is 5.69. The fourth-order valence-corrected chi connectivity index (χ4v) is 4.92. The lowest BCUT2D eigenvalue weighted by Gasteiger charge is -2.36. The van der Waals surface area contributed by atoms with Crippen molar-refractivity contribution in [3.8, 4) is 0 Å². The summed E-state index contributed by atoms with van der Waals surface area (Å²) in [7, 11) is 0.711. The van der Waals surface area contributed by atoms with Gasteiger partial charge in [0.2, 0.25) is 0 Å². The highest BCUT2D eigenvalue weighted by Crippen LogP contribution is 2.06. The van der Waals surface area contributed by atoms with Crippen LogP contribution in [0.25, 0.3) is 0 Å². The van der Waals surface area contributed by atoms with Crippen molar-refractivity contribution in [1.82, 2.24) is 14.7 Å². The summed E-state index contributed by atoms with van der Waals surface area (Å²) in [6.45, 7) is 20.0. The van der Waals surface area contributed by atoms with E-state index in [1.165, 1.54) is 90.9 Å². The molecular weight excluding hydrogens is 366 g/mol. The van der Waals surface area contributed by atoms with E-state index >= 15 is 0 Å². The zero-order valence-electron chi connectivity index (χ0n) is 19.3. The molecule has 1 aliphatic heterocycles. The van der Waals surface area contributed by atoms with E-state index in [0.717, 1.165) is 19.4 Å². The molecular formula is C22H47N3O2Si. The van der Waals surface area contributed by atoms with Crippen LogP contribution in [0.3, 0.4) is 0 Å². The number of rotatable bonds is 18. The van der Waals surface area contributed by atoms with E-state index in [1.807, 2.05) is 13.8 Å². The molecule has 0 bridgehead atoms. The zero-order chi connectivity index (χ0) is 20.5. The van der Waals surface area contributed by atoms with Crippen molar-refractivity contribution in [3.05, 3.63) is 0 Å². The predicted octanol–water partition coefficient (Wildman–Crippen LogP) is 3.30. The number of hydrogen-bond donors (Lipinski definition) is 0. The van der Waals surface area contributed by atoms with Crippen LogP contribution in [0.5, 0.6) is 0 Å². The van der Waals surface area contributed by atoms with Crippen LogP contribution < -0.4 is 0 Å². The summed E-state index contributed by atoms with van der Waals surface area (Å²) in [6, 6.07) is 0. The summed E-state index contributed by atoms with van der Waals surface area (Å²) in [4.78, 5) is 7.96. The molecule has 0 saturated carbocycles. The highest BCUT2D eigenvalue weighted by atomic mass is 28.2. The van der Waals surface area contributed by atoms with Crippen molar-refractivity contribution < 1.29 is 9.47 Å². The summed E-state index contributed by atoms with van der Waals surface area (Å²) in [5, 5.41) is 0. The average Bonchev–Trinajstić information content (AvgIpc) is 2.71. The second-order valence-corrected chi connectivity index (χ2v) is 9.02. The summed E-state index contributed by atoms with van der Waals surface area (Å²) in [6.07, 6.45) is 9.20. The third kappa shape index (κ3) is 12.6. The Hall–Kier alpha value is 0.0169. The highest BCUT2D eigenvalue weighted by Gasteiger charge is 2.19. The largest absolute Gasteiger partial charge is 0.357 e. The van der Waals surface area contributed by atoms with Gasteiger partial charge in [-0.05, 0) is 45.9 Å². The number of hydrogen-bond acceptors (Lipinski definition) is 5. The van der Waals surface area contributed by atoms with E-state index in [2.05, 4.69) is 28.5 Å². The molecule has 1 fully saturated rings. The molecule has 0 aromatic heterocycles. The fraction of sp³-hybridized carbons (Fsp3) is 1.00. The van der Waals surface area contributed by atoms with E-state index in [1.54, 1.807) is 0 Å². The molecule has 28 heavy (non-hydrogen) atoms. The molecule has 0 spiro atoms. The first kappa shape index (κ1) is 26.1. The van der Waals surface area contributed by atoms with Gasteiger partial charge in [0.15, 0.2) is 0 Å². The van der Waals surface area contributed by atoms with E-state index < -0.39 is 0 Å². The quantitative estimate of drug-likeness (QED) is 0.195. The Morgan fingerprint density at radius 1 is 0.750 bits per heavy atom. The Morgan fingerprint density at radius 3 is 1.79 bits per heavy atom. The van der Waals surface area contributed by atoms with Gasteiger partial charge in [-0.2, -0.15) is 0 Å². The first-order valence-corrected chi connectivity index (χ1v) is 13.1. The lowest BCUT2D eigenvalue weighted by Crippen LogP contribution is -2.50. The van der Waals surface area contributed by atoms with Gasteiger partial charge in [-0.3, -0.25) is 4.90 Å². The minimum atomic E-state index is -0.00664. The van der Waals surface area contributed by atoms with Crippen molar-refractivity contribution in [2.75, 3.05) is 71.7 Å². The first-order valence-electron chi connectivity index (χ1n) is 11.9. The van der Waals surface area contributed by atoms with Crippen LogP contribution >= 0.6 is 0 Å². The van der Waals surface area contributed by atoms with Crippen LogP contribution in [-0.4, -0.2) is 102 Å². The Labute approximate surface area is 177 Å². The van der Waals surface area contributed by atoms with Crippen LogP contribution in [-0.2, 0) is 9.47 Å². The topological polar surface area (TPSA) is 28.2 Å². The van der Waals surface area contributed by atoms with Crippen LogP contribution in [0.4, 0.5) is 0 Å². The van der Waals surface area contributed by atoms with Gasteiger partial charge in [0.25, 0.3) is 0 Å². The molecule has 2 radical (unpaired) electrons. The minimum absolute atomic E-state index is 0.00664. The standard InChI is InChI=1S/C22H47N3O2Si/c1-5-9-11-13-23(14-12-10-6-2)15-16-24-17-19-25(20-18-24)21-28-22(26-7-3)27-8-4/h22H,5-21H2,1-4H3. The van der Waals surface area contributed by atoms with Crippen molar-refractivity contribution in [2.24, 2.45) is 0 Å². The fourth-order valence-electron chi connectivity index (χ4n) is 3.63. The summed E-state index contributed by atoms with van der Waals surface area (Å²) < 4.78 is 11.4. The molecule has 0 aromatic carbocycles. The Kier molecular flexibility index (Phi) is 16.6. The number of unbranched alkanes of at least 4 members (excludes halogenated alkanes) is 4. The molecule has 1 aliphatic rings. The summed E-state index contributed by atoms with van der Waals surface area (Å²) >= 11 is 0. The van der Waals surface area contributed by atoms with Gasteiger partial charge in [0.1, 0.15) is 15.4 Å². The van der Waals surface area contributed by atoms with Crippen LogP contribution in [0.2, 0.25) is 0 Å². The van der Waals surface area contributed by atoms with Crippen LogP contribution in [0.15, 0.2) is 0 Å². The Balaban J connectivity index is 2.23. The first-order chi connectivity index (χ1) is 13.7. The molecule has 0 atom stereocenters. The SMILES string of the molecule is CCCCCN(CCCCC)CCN1CCN(C[Si]C(OCC)OCC)CC1. The molecule has 0 unspecified atom stereocenters. The summed E-state index contributed by atoms with van der Waals surface area (Å²) in [5.74, 6) is -0.00664. The maximum Gasteiger partial charge on any atom is 0.138 e. The Morgan fingerprint density at radius 2 is 1.29 bits per heavy atom. The lowest BCUT2D eigenvalue weighted by molar-refractivity contribution is -0.0835. The third-order valence-corrected chi connectivity index (χ3v) is 6.77. The van der Waals surface area contributed by atoms with Crippen molar-refractivity contribution in [2.45, 2.75) is 72.1 Å². The minimum Gasteiger partial charge on any atom is -0.357 e. The van der Waals surface area contributed by atoms with Crippen molar-refractivity contribution in [3.63, 3.8) is 0 Å². The molecule has 1 heterocycles. The van der Waals surface area contributed by atoms with E-state index in [-0.39, 0.29) is 5.91 Å². The van der Waals surface area contributed by atoms with Gasteiger partial charge in [-0.25, -0.2) is 0 Å². The molecule has 6 heteroatoms. The predicted molar refractivity (Wildman–Crippen MR) is 121 cm³/mol. The molecule has 0 aliphatic carbocycles. The van der Waals surface area contributed by atoms with E-state index in [9.17, 15) is 0 Å². The van der Waals surface area contributed by atoms with E-state index in [4.69, 9.17) is 9.47 Å². The zero-order valence-corrected chi connectivity index (χ0v) is 20.3. The van der Waals surface area contributed by atoms with E-state index in [0.29, 0.717) is 9.52 Å². The molecule has 0 amide bonds. The number of nitrogens with zero attached hydrogens (tertiary/aromatic N) is 3. The van der Waals surface area contributed by atoms with Crippen LogP contribution in [0, 0.1) is 0 Å². The average molecular weight is 414 g/mol. The highest BCUT2D eigenvalue weighted by molar-refractivity contribution is 6.36. The van der Waals surface area contributed by atoms with Crippen LogP contribution in [0.1, 0.15) is 66.2 Å². The number of piperazine rings is 1. The molecule has 1 rings (SSSR count). The third-order valence-electron chi connectivity index (χ3n) is 5.47. The van der Waals surface area contributed by atoms with Gasteiger partial charge in [0.05, 0.1) is 0 Å². The van der Waals surface area contributed by atoms with Crippen molar-refractivity contribution >= 4 is 9.52 Å². The monoisotopic (exact) mass is 413 g/mol. The smallest absolute Gasteiger partial charge is 0.138 e. The van der Waals surface area contributed by atoms with Gasteiger partial charge >= 0.3 is 0 Å². The van der Waals surface area contributed by atoms with Gasteiger partial charge in [-0.1, -0.05) is 39.5 Å². The van der Waals surface area contributed by atoms with Crippen molar-refractivity contribution in [1.29, 1.82) is 0 Å². The molecule has 0 aromatic rings. The second-order valence-electron chi connectivity index (χ2n) is 7.82. The molecule has 1 saturated heterocycles. The second kappa shape index (κ2) is 17.8. The molecule has 0 N–H and O–H groups in total. The lowest BCUT2D eigenvalue weighted by atomic mass is 10.2. The maximum atomic E-state index is 5.69. The van der Waals surface area contributed by atoms with Gasteiger partial charge in [0, 0.05) is 52.5 Å². The summed E-state index contributed by atoms with van der Waals surface area (Å²) in [5.41, 5.74) is 0. The normalized spacial score (nSPS) is 16.5.